The molecule has 32 heavy (non-hydrogen) atoms. The van der Waals surface area contributed by atoms with Crippen LogP contribution in [0, 0.1) is 35.5 Å². The van der Waals surface area contributed by atoms with Crippen molar-refractivity contribution in [2.75, 3.05) is 11.9 Å². The quantitative estimate of drug-likeness (QED) is 0.551. The van der Waals surface area contributed by atoms with Gasteiger partial charge in [-0.25, -0.2) is 0 Å². The molecular formula is C25H21ClN2O4. The number of para-hydroxylation sites is 1. The van der Waals surface area contributed by atoms with Crippen molar-refractivity contribution in [3.8, 4) is 11.5 Å². The molecule has 1 N–H and O–H groups in total. The summed E-state index contributed by atoms with van der Waals surface area (Å²) in [6, 6.07) is 14.0. The largest absolute Gasteiger partial charge is 0.456 e. The zero-order valence-electron chi connectivity index (χ0n) is 17.1. The maximum Gasteiger partial charge on any atom is 0.244 e. The van der Waals surface area contributed by atoms with Gasteiger partial charge in [0.15, 0.2) is 0 Å². The number of nitrogens with one attached hydrogen (secondary N) is 1. The molecule has 0 radical (unpaired) electrons. The third-order valence-electron chi connectivity index (χ3n) is 7.26. The lowest BCUT2D eigenvalue weighted by Crippen LogP contribution is -2.40. The first kappa shape index (κ1) is 19.6. The number of hydrogen-bond donors (Lipinski definition) is 1. The Morgan fingerprint density at radius 2 is 1.59 bits per heavy atom. The summed E-state index contributed by atoms with van der Waals surface area (Å²) in [7, 11) is 0. The normalized spacial score (nSPS) is 31.3. The number of carbonyl (C=O) groups is 3. The van der Waals surface area contributed by atoms with E-state index in [1.165, 1.54) is 0 Å². The predicted octanol–water partition coefficient (Wildman–Crippen LogP) is 4.12. The number of rotatable bonds is 5. The predicted molar refractivity (Wildman–Crippen MR) is 118 cm³/mol. The topological polar surface area (TPSA) is 75.7 Å². The van der Waals surface area contributed by atoms with Crippen molar-refractivity contribution in [1.82, 2.24) is 4.90 Å². The Balaban J connectivity index is 1.10. The second kappa shape index (κ2) is 7.20. The Hall–Kier alpha value is -3.12. The molecule has 1 heterocycles. The highest BCUT2D eigenvalue weighted by molar-refractivity contribution is 6.32. The summed E-state index contributed by atoms with van der Waals surface area (Å²) >= 11 is 6.11. The van der Waals surface area contributed by atoms with Crippen LogP contribution in [0.2, 0.25) is 5.02 Å². The molecule has 7 heteroatoms. The number of nitrogens with zero attached hydrogens (tertiary/aromatic N) is 1. The van der Waals surface area contributed by atoms with Gasteiger partial charge in [-0.1, -0.05) is 35.9 Å². The van der Waals surface area contributed by atoms with Gasteiger partial charge in [0, 0.05) is 5.69 Å². The van der Waals surface area contributed by atoms with Crippen molar-refractivity contribution in [3.05, 3.63) is 65.7 Å². The van der Waals surface area contributed by atoms with Gasteiger partial charge in [0.25, 0.3) is 0 Å². The van der Waals surface area contributed by atoms with Crippen LogP contribution < -0.4 is 10.1 Å². The number of hydrogen-bond acceptors (Lipinski definition) is 4. The minimum Gasteiger partial charge on any atom is -0.456 e. The molecule has 162 valence electrons. The van der Waals surface area contributed by atoms with E-state index >= 15 is 0 Å². The monoisotopic (exact) mass is 448 g/mol. The Labute approximate surface area is 190 Å². The van der Waals surface area contributed by atoms with Gasteiger partial charge in [0.2, 0.25) is 17.7 Å². The summed E-state index contributed by atoms with van der Waals surface area (Å²) in [5.74, 6) is 1.18. The van der Waals surface area contributed by atoms with Crippen LogP contribution in [-0.2, 0) is 14.4 Å². The molecule has 6 atom stereocenters. The zero-order chi connectivity index (χ0) is 22.0. The number of carbonyl (C=O) groups excluding carboxylic acids is 3. The maximum absolute atomic E-state index is 13.0. The second-order valence-corrected chi connectivity index (χ2v) is 9.43. The number of allylic oxidation sites excluding steroid dienone is 2. The van der Waals surface area contributed by atoms with Crippen LogP contribution >= 0.6 is 11.6 Å². The molecule has 2 aromatic rings. The average Bonchev–Trinajstić information content (AvgIpc) is 3.58. The van der Waals surface area contributed by atoms with E-state index < -0.39 is 5.91 Å². The van der Waals surface area contributed by atoms with E-state index in [1.54, 1.807) is 36.4 Å². The third kappa shape index (κ3) is 3.05. The molecule has 2 bridgehead atoms. The van der Waals surface area contributed by atoms with Crippen molar-refractivity contribution in [2.24, 2.45) is 35.5 Å². The Morgan fingerprint density at radius 1 is 0.969 bits per heavy atom. The molecule has 4 aliphatic carbocycles. The van der Waals surface area contributed by atoms with Gasteiger partial charge in [-0.15, -0.1) is 0 Å². The van der Waals surface area contributed by atoms with Gasteiger partial charge in [-0.3, -0.25) is 19.3 Å². The highest BCUT2D eigenvalue weighted by Gasteiger charge is 2.67. The summed E-state index contributed by atoms with van der Waals surface area (Å²) in [5.41, 5.74) is 0.556. The van der Waals surface area contributed by atoms with Crippen LogP contribution in [0.25, 0.3) is 0 Å². The fraction of sp³-hybridized carbons (Fsp3) is 0.320. The average molecular weight is 449 g/mol. The molecule has 3 fully saturated rings. The summed E-state index contributed by atoms with van der Waals surface area (Å²) in [6.45, 7) is -0.253. The lowest BCUT2D eigenvalue weighted by molar-refractivity contribution is -0.142. The maximum atomic E-state index is 13.0. The summed E-state index contributed by atoms with van der Waals surface area (Å²) in [4.78, 5) is 39.8. The number of likely N-dealkylation sites (tertiary alicyclic amines) is 1. The van der Waals surface area contributed by atoms with Gasteiger partial charge >= 0.3 is 0 Å². The Kier molecular flexibility index (Phi) is 4.40. The van der Waals surface area contributed by atoms with E-state index in [4.69, 9.17) is 16.3 Å². The molecule has 2 saturated carbocycles. The minimum atomic E-state index is -0.393. The first-order chi connectivity index (χ1) is 15.5. The second-order valence-electron chi connectivity index (χ2n) is 9.02. The number of amides is 3. The zero-order valence-corrected chi connectivity index (χ0v) is 17.9. The minimum absolute atomic E-state index is 0.158. The molecule has 0 aromatic heterocycles. The number of imide groups is 1. The van der Waals surface area contributed by atoms with Gasteiger partial charge in [0.1, 0.15) is 18.0 Å². The van der Waals surface area contributed by atoms with Gasteiger partial charge in [-0.05, 0) is 66.5 Å². The van der Waals surface area contributed by atoms with Crippen LogP contribution in [0.15, 0.2) is 60.7 Å². The van der Waals surface area contributed by atoms with Crippen LogP contribution in [-0.4, -0.2) is 29.2 Å². The highest BCUT2D eigenvalue weighted by atomic mass is 35.5. The first-order valence-corrected chi connectivity index (χ1v) is 11.2. The van der Waals surface area contributed by atoms with Crippen molar-refractivity contribution in [3.63, 3.8) is 0 Å². The van der Waals surface area contributed by atoms with Gasteiger partial charge < -0.3 is 10.1 Å². The standard InChI is InChI=1S/C25H21ClN2O4/c26-19-3-1-2-4-20(19)32-14-7-5-13(6-8-14)27-21(29)12-28-24(30)22-15-9-10-16(18-11-17(15)18)23(22)25(28)31/h1-10,15-18,22-23H,11-12H2,(H,27,29)/t15-,16-,17-,18+,22-,23+/m0/s1. The van der Waals surface area contributed by atoms with Gasteiger partial charge in [-0.2, -0.15) is 0 Å². The fourth-order valence-corrected chi connectivity index (χ4v) is 5.95. The Bertz CT molecular complexity index is 1120. The fourth-order valence-electron chi connectivity index (χ4n) is 5.78. The molecule has 1 aliphatic heterocycles. The van der Waals surface area contributed by atoms with E-state index in [1.807, 2.05) is 12.1 Å². The lowest BCUT2D eigenvalue weighted by atomic mass is 9.63. The SMILES string of the molecule is O=C(CN1C(=O)[C@@H]2[C@H]3C=C[C@@H]([C@@H]4C[C@H]34)[C@@H]2C1=O)Nc1ccc(Oc2ccccc2Cl)cc1. The Morgan fingerprint density at radius 3 is 2.22 bits per heavy atom. The van der Waals surface area contributed by atoms with Crippen molar-refractivity contribution < 1.29 is 19.1 Å². The molecule has 6 nitrogen and oxygen atoms in total. The third-order valence-corrected chi connectivity index (χ3v) is 7.57. The molecule has 5 aliphatic rings. The number of anilines is 1. The van der Waals surface area contributed by atoms with Crippen LogP contribution in [0.1, 0.15) is 6.42 Å². The molecule has 7 rings (SSSR count). The lowest BCUT2D eigenvalue weighted by Gasteiger charge is -2.37. The number of benzene rings is 2. The number of halogens is 1. The molecule has 2 aromatic carbocycles. The summed E-state index contributed by atoms with van der Waals surface area (Å²) < 4.78 is 5.75. The van der Waals surface area contributed by atoms with E-state index in [2.05, 4.69) is 17.5 Å². The smallest absolute Gasteiger partial charge is 0.244 e. The molecule has 0 spiro atoms. The van der Waals surface area contributed by atoms with Crippen molar-refractivity contribution >= 4 is 35.0 Å². The number of ether oxygens (including phenoxy) is 1. The summed E-state index contributed by atoms with van der Waals surface area (Å²) in [5, 5.41) is 3.27. The van der Waals surface area contributed by atoms with E-state index in [0.29, 0.717) is 34.0 Å². The molecular weight excluding hydrogens is 428 g/mol. The summed E-state index contributed by atoms with van der Waals surface area (Å²) in [6.07, 6.45) is 5.37. The van der Waals surface area contributed by atoms with E-state index in [0.717, 1.165) is 11.3 Å². The molecule has 3 amide bonds. The first-order valence-electron chi connectivity index (χ1n) is 10.9. The van der Waals surface area contributed by atoms with Gasteiger partial charge in [0.05, 0.1) is 16.9 Å². The van der Waals surface area contributed by atoms with Crippen LogP contribution in [0.3, 0.4) is 0 Å². The highest BCUT2D eigenvalue weighted by Crippen LogP contribution is 2.65. The van der Waals surface area contributed by atoms with E-state index in [-0.39, 0.29) is 42.0 Å². The molecule has 1 saturated heterocycles. The van der Waals surface area contributed by atoms with Crippen LogP contribution in [0.5, 0.6) is 11.5 Å². The van der Waals surface area contributed by atoms with Crippen molar-refractivity contribution in [1.29, 1.82) is 0 Å². The van der Waals surface area contributed by atoms with Crippen LogP contribution in [0.4, 0.5) is 5.69 Å². The molecule has 0 unspecified atom stereocenters. The van der Waals surface area contributed by atoms with E-state index in [9.17, 15) is 14.4 Å². The van der Waals surface area contributed by atoms with Crippen molar-refractivity contribution in [2.45, 2.75) is 6.42 Å².